The average molecular weight is 552 g/mol. The molecular weight excluding hydrogens is 528 g/mol. The molecule has 1 aromatic heterocycles. The number of guanidine groups is 1. The quantitative estimate of drug-likeness (QED) is 0.251. The fourth-order valence-electron chi connectivity index (χ4n) is 2.52. The van der Waals surface area contributed by atoms with Gasteiger partial charge < -0.3 is 20.1 Å². The Labute approximate surface area is 184 Å². The van der Waals surface area contributed by atoms with Crippen LogP contribution in [0.5, 0.6) is 0 Å². The number of halogens is 3. The van der Waals surface area contributed by atoms with Crippen molar-refractivity contribution in [1.82, 2.24) is 20.1 Å². The van der Waals surface area contributed by atoms with Crippen molar-refractivity contribution in [2.24, 2.45) is 12.0 Å². The van der Waals surface area contributed by atoms with Gasteiger partial charge in [-0.25, -0.2) is 4.39 Å². The molecule has 2 aromatic rings. The zero-order chi connectivity index (χ0) is 19.1. The van der Waals surface area contributed by atoms with Gasteiger partial charge in [0.05, 0.1) is 12.1 Å². The van der Waals surface area contributed by atoms with Gasteiger partial charge in [0.15, 0.2) is 5.96 Å². The number of benzene rings is 1. The molecule has 0 saturated heterocycles. The molecule has 1 amide bonds. The Morgan fingerprint density at radius 3 is 2.56 bits per heavy atom. The monoisotopic (exact) mass is 551 g/mol. The molecule has 0 bridgehead atoms. The lowest BCUT2D eigenvalue weighted by Crippen LogP contribution is -2.42. The summed E-state index contributed by atoms with van der Waals surface area (Å²) < 4.78 is 16.6. The van der Waals surface area contributed by atoms with E-state index in [9.17, 15) is 9.18 Å². The van der Waals surface area contributed by atoms with Crippen LogP contribution in [0.25, 0.3) is 0 Å². The molecule has 1 heterocycles. The second kappa shape index (κ2) is 11.3. The molecule has 0 aliphatic rings. The highest BCUT2D eigenvalue weighted by molar-refractivity contribution is 14.0. The maximum absolute atomic E-state index is 13.6. The lowest BCUT2D eigenvalue weighted by Gasteiger charge is -2.22. The number of rotatable bonds is 6. The predicted octanol–water partition coefficient (Wildman–Crippen LogP) is 2.98. The molecule has 0 atom stereocenters. The number of carbonyl (C=O) groups is 1. The Bertz CT molecular complexity index is 796. The maximum atomic E-state index is 13.6. The van der Waals surface area contributed by atoms with E-state index in [4.69, 9.17) is 0 Å². The Balaban J connectivity index is 0.00000364. The van der Waals surface area contributed by atoms with Gasteiger partial charge in [0.2, 0.25) is 0 Å². The second-order valence-electron chi connectivity index (χ2n) is 5.83. The Hall–Kier alpha value is -1.62. The van der Waals surface area contributed by atoms with Crippen LogP contribution in [-0.4, -0.2) is 48.5 Å². The zero-order valence-corrected chi connectivity index (χ0v) is 19.4. The topological polar surface area (TPSA) is 61.7 Å². The van der Waals surface area contributed by atoms with Crippen LogP contribution in [0.1, 0.15) is 16.1 Å². The molecule has 0 aliphatic carbocycles. The first-order valence-corrected chi connectivity index (χ1v) is 8.97. The summed E-state index contributed by atoms with van der Waals surface area (Å²) in [5.41, 5.74) is 1.18. The molecule has 2 N–H and O–H groups in total. The average Bonchev–Trinajstić information content (AvgIpc) is 2.92. The first-order valence-electron chi connectivity index (χ1n) is 8.17. The van der Waals surface area contributed by atoms with Gasteiger partial charge in [0, 0.05) is 50.6 Å². The lowest BCUT2D eigenvalue weighted by atomic mass is 10.2. The van der Waals surface area contributed by atoms with Crippen molar-refractivity contribution in [3.8, 4) is 0 Å². The van der Waals surface area contributed by atoms with Gasteiger partial charge in [-0.2, -0.15) is 0 Å². The normalized spacial score (nSPS) is 10.9. The molecule has 9 heteroatoms. The molecule has 0 unspecified atom stereocenters. The van der Waals surface area contributed by atoms with Crippen LogP contribution in [0.4, 0.5) is 4.39 Å². The fourth-order valence-corrected chi connectivity index (χ4v) is 3.09. The second-order valence-corrected chi connectivity index (χ2v) is 6.74. The van der Waals surface area contributed by atoms with Gasteiger partial charge in [0.25, 0.3) is 5.91 Å². The van der Waals surface area contributed by atoms with Crippen molar-refractivity contribution in [2.75, 3.05) is 27.2 Å². The lowest BCUT2D eigenvalue weighted by molar-refractivity contribution is 0.0950. The third-order valence-electron chi connectivity index (χ3n) is 3.86. The number of nitrogens with zero attached hydrogens (tertiary/aromatic N) is 3. The van der Waals surface area contributed by atoms with Crippen molar-refractivity contribution in [2.45, 2.75) is 6.54 Å². The van der Waals surface area contributed by atoms with Crippen LogP contribution in [0.15, 0.2) is 46.0 Å². The Kier molecular flexibility index (Phi) is 9.78. The van der Waals surface area contributed by atoms with Crippen LogP contribution in [0, 0.1) is 5.82 Å². The van der Waals surface area contributed by atoms with Crippen LogP contribution >= 0.6 is 39.9 Å². The van der Waals surface area contributed by atoms with Gasteiger partial charge in [-0.05, 0) is 34.1 Å². The van der Waals surface area contributed by atoms with Crippen molar-refractivity contribution >= 4 is 51.8 Å². The fraction of sp³-hybridized carbons (Fsp3) is 0.333. The minimum absolute atomic E-state index is 0. The molecule has 0 fully saturated rings. The van der Waals surface area contributed by atoms with E-state index in [2.05, 4.69) is 37.6 Å². The summed E-state index contributed by atoms with van der Waals surface area (Å²) in [5, 5.41) is 5.88. The molecule has 0 saturated carbocycles. The number of carbonyl (C=O) groups excluding carboxylic acids is 1. The van der Waals surface area contributed by atoms with Gasteiger partial charge in [0.1, 0.15) is 5.82 Å². The number of aryl methyl sites for hydroxylation is 1. The first kappa shape index (κ1) is 23.4. The maximum Gasteiger partial charge on any atom is 0.254 e. The molecular formula is C18H24BrFIN5O. The third-order valence-corrected chi connectivity index (χ3v) is 4.29. The van der Waals surface area contributed by atoms with Crippen LogP contribution < -0.4 is 10.6 Å². The largest absolute Gasteiger partial charge is 0.354 e. The highest BCUT2D eigenvalue weighted by Crippen LogP contribution is 2.14. The number of aromatic nitrogens is 1. The van der Waals surface area contributed by atoms with E-state index in [1.807, 2.05) is 29.8 Å². The van der Waals surface area contributed by atoms with Gasteiger partial charge in [-0.1, -0.05) is 12.1 Å². The summed E-state index contributed by atoms with van der Waals surface area (Å²) >= 11 is 3.46. The van der Waals surface area contributed by atoms with Crippen LogP contribution in [0.3, 0.4) is 0 Å². The summed E-state index contributed by atoms with van der Waals surface area (Å²) in [5.74, 6) is -0.244. The standard InChI is InChI=1S/C18H23BrFN5O.HI/c1-21-18(25(3)12-14-10-13(19)11-24(14)2)23-9-8-22-17(26)15-6-4-5-7-16(15)20;/h4-7,10-11H,8-9,12H2,1-3H3,(H,21,23)(H,22,26);1H. The minimum atomic E-state index is -0.526. The van der Waals surface area contributed by atoms with Crippen LogP contribution in [0.2, 0.25) is 0 Å². The number of hydrogen-bond acceptors (Lipinski definition) is 2. The van der Waals surface area contributed by atoms with Gasteiger partial charge in [-0.15, -0.1) is 24.0 Å². The highest BCUT2D eigenvalue weighted by Gasteiger charge is 2.11. The van der Waals surface area contributed by atoms with E-state index in [-0.39, 0.29) is 29.5 Å². The molecule has 0 radical (unpaired) electrons. The molecule has 1 aromatic carbocycles. The summed E-state index contributed by atoms with van der Waals surface area (Å²) in [4.78, 5) is 18.2. The van der Waals surface area contributed by atoms with Crippen LogP contribution in [-0.2, 0) is 13.6 Å². The Morgan fingerprint density at radius 2 is 1.96 bits per heavy atom. The summed E-state index contributed by atoms with van der Waals surface area (Å²) in [6.45, 7) is 1.52. The summed E-state index contributed by atoms with van der Waals surface area (Å²) in [7, 11) is 5.63. The molecule has 6 nitrogen and oxygen atoms in total. The molecule has 2 rings (SSSR count). The number of hydrogen-bond donors (Lipinski definition) is 2. The van der Waals surface area contributed by atoms with E-state index in [1.165, 1.54) is 12.1 Å². The first-order chi connectivity index (χ1) is 12.4. The smallest absolute Gasteiger partial charge is 0.254 e. The van der Waals surface area contributed by atoms with Crippen molar-refractivity contribution < 1.29 is 9.18 Å². The van der Waals surface area contributed by atoms with E-state index in [0.29, 0.717) is 25.6 Å². The number of amides is 1. The SMILES string of the molecule is CN=C(NCCNC(=O)c1ccccc1F)N(C)Cc1cc(Br)cn1C.I. The predicted molar refractivity (Wildman–Crippen MR) is 120 cm³/mol. The van der Waals surface area contributed by atoms with E-state index in [0.717, 1.165) is 10.2 Å². The van der Waals surface area contributed by atoms with E-state index >= 15 is 0 Å². The molecule has 27 heavy (non-hydrogen) atoms. The van der Waals surface area contributed by atoms with Crippen molar-refractivity contribution in [3.63, 3.8) is 0 Å². The minimum Gasteiger partial charge on any atom is -0.354 e. The van der Waals surface area contributed by atoms with E-state index < -0.39 is 11.7 Å². The number of nitrogens with one attached hydrogen (secondary N) is 2. The van der Waals surface area contributed by atoms with Crippen molar-refractivity contribution in [1.29, 1.82) is 0 Å². The molecule has 0 spiro atoms. The summed E-state index contributed by atoms with van der Waals surface area (Å²) in [6.07, 6.45) is 2.00. The molecule has 148 valence electrons. The van der Waals surface area contributed by atoms with Crippen molar-refractivity contribution in [3.05, 3.63) is 58.1 Å². The highest BCUT2D eigenvalue weighted by atomic mass is 127. The Morgan fingerprint density at radius 1 is 1.30 bits per heavy atom. The number of aliphatic imine (C=N–C) groups is 1. The van der Waals surface area contributed by atoms with Gasteiger partial charge >= 0.3 is 0 Å². The summed E-state index contributed by atoms with van der Waals surface area (Å²) in [6, 6.07) is 7.97. The van der Waals surface area contributed by atoms with E-state index in [1.54, 1.807) is 19.2 Å². The zero-order valence-electron chi connectivity index (χ0n) is 15.5. The third kappa shape index (κ3) is 6.80. The van der Waals surface area contributed by atoms with Gasteiger partial charge in [-0.3, -0.25) is 9.79 Å². The molecule has 0 aliphatic heterocycles.